The first-order valence-corrected chi connectivity index (χ1v) is 15.7. The number of carbonyl (C=O) groups excluding carboxylic acids is 2. The summed E-state index contributed by atoms with van der Waals surface area (Å²) < 4.78 is 31.3. The van der Waals surface area contributed by atoms with Crippen molar-refractivity contribution in [2.75, 3.05) is 30.3 Å². The van der Waals surface area contributed by atoms with Crippen molar-refractivity contribution in [3.63, 3.8) is 0 Å². The fourth-order valence-corrected chi connectivity index (χ4v) is 7.13. The first kappa shape index (κ1) is 29.1. The van der Waals surface area contributed by atoms with E-state index >= 15 is 4.39 Å². The predicted molar refractivity (Wildman–Crippen MR) is 166 cm³/mol. The lowest BCUT2D eigenvalue weighted by molar-refractivity contribution is -0.132. The second-order valence-corrected chi connectivity index (χ2v) is 12.6. The summed E-state index contributed by atoms with van der Waals surface area (Å²) in [6.45, 7) is 7.35. The Hall–Kier alpha value is -3.98. The minimum absolute atomic E-state index is 0.0154. The summed E-state index contributed by atoms with van der Waals surface area (Å²) in [5, 5.41) is 4.42. The number of aryl methyl sites for hydroxylation is 1. The van der Waals surface area contributed by atoms with Crippen LogP contribution in [0.4, 0.5) is 14.6 Å². The number of fused-ring (bicyclic) bond motifs is 1. The van der Waals surface area contributed by atoms with Gasteiger partial charge in [0.25, 0.3) is 0 Å². The van der Waals surface area contributed by atoms with Crippen molar-refractivity contribution in [1.29, 1.82) is 0 Å². The Balaban J connectivity index is 1.60. The Morgan fingerprint density at radius 1 is 1.00 bits per heavy atom. The van der Waals surface area contributed by atoms with E-state index < -0.39 is 16.9 Å². The van der Waals surface area contributed by atoms with Crippen LogP contribution in [0, 0.1) is 31.4 Å². The molecule has 0 spiro atoms. The number of rotatable bonds is 5. The summed E-state index contributed by atoms with van der Waals surface area (Å²) in [4.78, 5) is 31.1. The first-order valence-electron chi connectivity index (χ1n) is 14.6. The maximum atomic E-state index is 15.5. The van der Waals surface area contributed by atoms with Crippen LogP contribution in [0.15, 0.2) is 66.7 Å². The zero-order chi connectivity index (χ0) is 30.2. The first-order chi connectivity index (χ1) is 20.7. The van der Waals surface area contributed by atoms with Crippen LogP contribution in [0.5, 0.6) is 0 Å². The number of halogens is 2. The van der Waals surface area contributed by atoms with Gasteiger partial charge in [-0.2, -0.15) is 5.10 Å². The maximum absolute atomic E-state index is 15.5. The zero-order valence-electron chi connectivity index (χ0n) is 24.5. The lowest BCUT2D eigenvalue weighted by atomic mass is 9.98. The SMILES string of the molecule is Cc1cccc(-n2nc(-c3ccccc3)c3c2N(CC(=O)N2CCC(C)CC2)C(=O)CS[C@H]3c2ccc(F)cc2F)c1C. The van der Waals surface area contributed by atoms with E-state index in [4.69, 9.17) is 5.10 Å². The molecule has 6 nitrogen and oxygen atoms in total. The van der Waals surface area contributed by atoms with Crippen LogP contribution >= 0.6 is 11.8 Å². The lowest BCUT2D eigenvalue weighted by Gasteiger charge is -2.32. The summed E-state index contributed by atoms with van der Waals surface area (Å²) in [6, 6.07) is 19.0. The molecular formula is C34H34F2N4O2S. The Kier molecular flexibility index (Phi) is 8.09. The highest BCUT2D eigenvalue weighted by Crippen LogP contribution is 2.49. The second-order valence-electron chi connectivity index (χ2n) is 11.5. The van der Waals surface area contributed by atoms with Gasteiger partial charge in [-0.3, -0.25) is 14.5 Å². The number of likely N-dealkylation sites (tertiary alicyclic amines) is 1. The molecule has 43 heavy (non-hydrogen) atoms. The molecule has 2 amide bonds. The standard InChI is InChI=1S/C34H34F2N4O2S/c1-21-14-16-38(17-15-21)29(41)19-39-30(42)20-43-33(26-13-12-25(35)18-27(26)36)31-32(24-9-5-4-6-10-24)37-40(34(31)39)28-11-7-8-22(2)23(28)3/h4-13,18,21,33H,14-17,19-20H2,1-3H3/t33-/m0/s1. The summed E-state index contributed by atoms with van der Waals surface area (Å²) in [5.74, 6) is -0.748. The molecule has 0 unspecified atom stereocenters. The van der Waals surface area contributed by atoms with E-state index in [9.17, 15) is 14.0 Å². The largest absolute Gasteiger partial charge is 0.341 e. The lowest BCUT2D eigenvalue weighted by Crippen LogP contribution is -2.46. The average Bonchev–Trinajstić information content (AvgIpc) is 3.32. The number of anilines is 1. The minimum Gasteiger partial charge on any atom is -0.341 e. The topological polar surface area (TPSA) is 58.4 Å². The molecule has 1 fully saturated rings. The zero-order valence-corrected chi connectivity index (χ0v) is 25.3. The Bertz CT molecular complexity index is 1680. The number of hydrogen-bond acceptors (Lipinski definition) is 4. The molecule has 222 valence electrons. The van der Waals surface area contributed by atoms with E-state index in [2.05, 4.69) is 6.92 Å². The molecule has 0 aliphatic carbocycles. The van der Waals surface area contributed by atoms with Crippen molar-refractivity contribution in [3.8, 4) is 16.9 Å². The van der Waals surface area contributed by atoms with Gasteiger partial charge >= 0.3 is 0 Å². The molecule has 6 rings (SSSR count). The van der Waals surface area contributed by atoms with Gasteiger partial charge in [-0.1, -0.05) is 55.5 Å². The summed E-state index contributed by atoms with van der Waals surface area (Å²) in [6.07, 6.45) is 1.84. The van der Waals surface area contributed by atoms with Crippen molar-refractivity contribution in [2.45, 2.75) is 38.9 Å². The Morgan fingerprint density at radius 2 is 1.74 bits per heavy atom. The molecule has 1 atom stereocenters. The molecule has 4 aromatic rings. The van der Waals surface area contributed by atoms with Crippen LogP contribution < -0.4 is 4.90 Å². The number of nitrogens with zero attached hydrogens (tertiary/aromatic N) is 4. The van der Waals surface area contributed by atoms with Crippen LogP contribution in [-0.2, 0) is 9.59 Å². The highest BCUT2D eigenvalue weighted by Gasteiger charge is 2.39. The van der Waals surface area contributed by atoms with E-state index in [-0.39, 0.29) is 29.7 Å². The second kappa shape index (κ2) is 12.0. The Morgan fingerprint density at radius 3 is 2.47 bits per heavy atom. The van der Waals surface area contributed by atoms with Crippen LogP contribution in [0.25, 0.3) is 16.9 Å². The molecule has 3 aromatic carbocycles. The molecular weight excluding hydrogens is 566 g/mol. The Labute approximate surface area is 254 Å². The van der Waals surface area contributed by atoms with E-state index in [0.717, 1.165) is 41.3 Å². The smallest absolute Gasteiger partial charge is 0.242 e. The highest BCUT2D eigenvalue weighted by atomic mass is 32.2. The number of benzene rings is 3. The number of carbonyl (C=O) groups is 2. The summed E-state index contributed by atoms with van der Waals surface area (Å²) in [5.41, 5.74) is 5.03. The molecule has 3 heterocycles. The number of aromatic nitrogens is 2. The third-order valence-electron chi connectivity index (χ3n) is 8.62. The van der Waals surface area contributed by atoms with Crippen LogP contribution in [0.1, 0.15) is 47.3 Å². The van der Waals surface area contributed by atoms with Crippen molar-refractivity contribution in [1.82, 2.24) is 14.7 Å². The van der Waals surface area contributed by atoms with Gasteiger partial charge in [-0.25, -0.2) is 13.5 Å². The van der Waals surface area contributed by atoms with Gasteiger partial charge in [0.05, 0.1) is 22.4 Å². The van der Waals surface area contributed by atoms with Crippen LogP contribution in [0.3, 0.4) is 0 Å². The van der Waals surface area contributed by atoms with Crippen molar-refractivity contribution < 1.29 is 18.4 Å². The molecule has 0 saturated carbocycles. The van der Waals surface area contributed by atoms with Crippen LogP contribution in [-0.4, -0.2) is 51.9 Å². The molecule has 2 aliphatic heterocycles. The third-order valence-corrected chi connectivity index (χ3v) is 9.85. The van der Waals surface area contributed by atoms with Crippen molar-refractivity contribution in [2.24, 2.45) is 5.92 Å². The normalized spacial score (nSPS) is 17.6. The average molecular weight is 601 g/mol. The summed E-state index contributed by atoms with van der Waals surface area (Å²) >= 11 is 1.27. The fraction of sp³-hybridized carbons (Fsp3) is 0.324. The number of thioether (sulfide) groups is 1. The number of hydrogen-bond donors (Lipinski definition) is 0. The van der Waals surface area contributed by atoms with E-state index in [0.29, 0.717) is 36.1 Å². The van der Waals surface area contributed by atoms with Crippen molar-refractivity contribution >= 4 is 29.4 Å². The van der Waals surface area contributed by atoms with Gasteiger partial charge in [0.15, 0.2) is 0 Å². The van der Waals surface area contributed by atoms with Gasteiger partial charge < -0.3 is 4.90 Å². The van der Waals surface area contributed by atoms with Gasteiger partial charge in [0.2, 0.25) is 11.8 Å². The summed E-state index contributed by atoms with van der Waals surface area (Å²) in [7, 11) is 0. The third kappa shape index (κ3) is 5.58. The van der Waals surface area contributed by atoms with Gasteiger partial charge in [-0.05, 0) is 55.9 Å². The predicted octanol–water partition coefficient (Wildman–Crippen LogP) is 6.86. The van der Waals surface area contributed by atoms with Crippen LogP contribution in [0.2, 0.25) is 0 Å². The molecule has 1 saturated heterocycles. The maximum Gasteiger partial charge on any atom is 0.242 e. The number of piperidine rings is 1. The van der Waals surface area contributed by atoms with Gasteiger partial charge in [0.1, 0.15) is 24.0 Å². The molecule has 0 bridgehead atoms. The molecule has 0 N–H and O–H groups in total. The van der Waals surface area contributed by atoms with Gasteiger partial charge in [-0.15, -0.1) is 11.8 Å². The minimum atomic E-state index is -0.693. The molecule has 0 radical (unpaired) electrons. The van der Waals surface area contributed by atoms with Crippen molar-refractivity contribution in [3.05, 3.63) is 101 Å². The van der Waals surface area contributed by atoms with E-state index in [1.54, 1.807) is 4.68 Å². The fourth-order valence-electron chi connectivity index (χ4n) is 5.91. The van der Waals surface area contributed by atoms with Gasteiger partial charge in [0, 0.05) is 35.8 Å². The van der Waals surface area contributed by atoms with E-state index in [1.165, 1.54) is 28.8 Å². The monoisotopic (exact) mass is 600 g/mol. The molecule has 9 heteroatoms. The van der Waals surface area contributed by atoms with E-state index in [1.807, 2.05) is 67.3 Å². The number of amides is 2. The molecule has 2 aliphatic rings. The molecule has 1 aromatic heterocycles. The highest BCUT2D eigenvalue weighted by molar-refractivity contribution is 8.00. The quantitative estimate of drug-likeness (QED) is 0.251.